The molecule has 118 valence electrons. The lowest BCUT2D eigenvalue weighted by Gasteiger charge is -2.50. The van der Waals surface area contributed by atoms with Crippen LogP contribution in [0.5, 0.6) is 5.75 Å². The van der Waals surface area contributed by atoms with E-state index in [0.717, 1.165) is 17.5 Å². The van der Waals surface area contributed by atoms with E-state index in [9.17, 15) is 15.0 Å². The molecule has 1 aromatic carbocycles. The van der Waals surface area contributed by atoms with Crippen LogP contribution in [0.2, 0.25) is 0 Å². The molecule has 4 rings (SSSR count). The molecular formula is C17H21NO4. The van der Waals surface area contributed by atoms with Crippen LogP contribution >= 0.6 is 0 Å². The molecular weight excluding hydrogens is 282 g/mol. The summed E-state index contributed by atoms with van der Waals surface area (Å²) in [5.74, 6) is 0.368. The molecule has 22 heavy (non-hydrogen) atoms. The zero-order valence-electron chi connectivity index (χ0n) is 12.9. The van der Waals surface area contributed by atoms with Crippen LogP contribution in [-0.4, -0.2) is 52.7 Å². The topological polar surface area (TPSA) is 70.0 Å². The molecule has 4 atom stereocenters. The number of likely N-dealkylation sites (N-methyl/N-ethyl adjacent to an activating group) is 1. The van der Waals surface area contributed by atoms with Gasteiger partial charge in [0.2, 0.25) is 0 Å². The maximum Gasteiger partial charge on any atom is 0.174 e. The van der Waals surface area contributed by atoms with E-state index in [-0.39, 0.29) is 24.3 Å². The molecule has 1 saturated carbocycles. The van der Waals surface area contributed by atoms with E-state index < -0.39 is 11.7 Å². The highest BCUT2D eigenvalue weighted by Gasteiger charge is 2.61. The summed E-state index contributed by atoms with van der Waals surface area (Å²) < 4.78 is 5.94. The molecule has 1 unspecified atom stereocenters. The van der Waals surface area contributed by atoms with Crippen molar-refractivity contribution in [2.75, 3.05) is 14.1 Å². The maximum atomic E-state index is 12.3. The van der Waals surface area contributed by atoms with Gasteiger partial charge in [0.05, 0.1) is 18.1 Å². The van der Waals surface area contributed by atoms with Gasteiger partial charge < -0.3 is 19.8 Å². The van der Waals surface area contributed by atoms with Gasteiger partial charge in [-0.1, -0.05) is 12.1 Å². The molecule has 1 fully saturated rings. The number of benzene rings is 1. The third-order valence-corrected chi connectivity index (χ3v) is 5.64. The Morgan fingerprint density at radius 3 is 2.86 bits per heavy atom. The molecule has 0 bridgehead atoms. The Hall–Kier alpha value is -1.43. The number of ketones is 1. The highest BCUT2D eigenvalue weighted by molar-refractivity contribution is 5.88. The SMILES string of the molecule is CN(C)[C@@H]1Cc2ccc(CO)c3c2C2[C@@H](O3)C(=O)CC[C@]21O. The van der Waals surface area contributed by atoms with E-state index in [1.165, 1.54) is 0 Å². The predicted octanol–water partition coefficient (Wildman–Crippen LogP) is 0.604. The molecule has 2 N–H and O–H groups in total. The summed E-state index contributed by atoms with van der Waals surface area (Å²) in [5.41, 5.74) is 1.82. The van der Waals surface area contributed by atoms with Crippen LogP contribution in [0, 0.1) is 0 Å². The van der Waals surface area contributed by atoms with Crippen molar-refractivity contribution in [3.63, 3.8) is 0 Å². The first-order chi connectivity index (χ1) is 10.5. The summed E-state index contributed by atoms with van der Waals surface area (Å²) in [6.07, 6.45) is 0.947. The molecule has 1 heterocycles. The summed E-state index contributed by atoms with van der Waals surface area (Å²) in [6, 6.07) is 3.84. The van der Waals surface area contributed by atoms with Crippen molar-refractivity contribution in [1.82, 2.24) is 4.90 Å². The van der Waals surface area contributed by atoms with E-state index in [1.54, 1.807) is 0 Å². The minimum Gasteiger partial charge on any atom is -0.481 e. The number of aliphatic hydroxyl groups is 2. The normalized spacial score (nSPS) is 35.5. The minimum atomic E-state index is -0.950. The Labute approximate surface area is 129 Å². The molecule has 1 aliphatic heterocycles. The van der Waals surface area contributed by atoms with Crippen LogP contribution < -0.4 is 4.74 Å². The molecule has 1 aromatic rings. The fourth-order valence-electron chi connectivity index (χ4n) is 4.59. The van der Waals surface area contributed by atoms with Crippen molar-refractivity contribution in [1.29, 1.82) is 0 Å². The van der Waals surface area contributed by atoms with Gasteiger partial charge in [-0.25, -0.2) is 0 Å². The van der Waals surface area contributed by atoms with Gasteiger partial charge in [0.1, 0.15) is 5.75 Å². The van der Waals surface area contributed by atoms with Crippen molar-refractivity contribution < 1.29 is 19.7 Å². The second-order valence-corrected chi connectivity index (χ2v) is 6.94. The summed E-state index contributed by atoms with van der Waals surface area (Å²) in [5, 5.41) is 21.0. The third-order valence-electron chi connectivity index (χ3n) is 5.64. The number of nitrogens with zero attached hydrogens (tertiary/aromatic N) is 1. The van der Waals surface area contributed by atoms with Gasteiger partial charge in [-0.2, -0.15) is 0 Å². The van der Waals surface area contributed by atoms with E-state index in [1.807, 2.05) is 31.1 Å². The van der Waals surface area contributed by atoms with Crippen molar-refractivity contribution in [3.8, 4) is 5.75 Å². The number of Topliss-reactive ketones (excluding diaryl/α,β-unsaturated/α-hetero) is 1. The Kier molecular flexibility index (Phi) is 2.92. The lowest BCUT2D eigenvalue weighted by atomic mass is 9.61. The van der Waals surface area contributed by atoms with Crippen LogP contribution in [-0.2, 0) is 17.8 Å². The molecule has 0 radical (unpaired) electrons. The zero-order chi connectivity index (χ0) is 15.6. The number of hydrogen-bond acceptors (Lipinski definition) is 5. The smallest absolute Gasteiger partial charge is 0.174 e. The molecule has 3 aliphatic rings. The van der Waals surface area contributed by atoms with E-state index in [2.05, 4.69) is 0 Å². The first-order valence-corrected chi connectivity index (χ1v) is 7.81. The van der Waals surface area contributed by atoms with Gasteiger partial charge in [-0.3, -0.25) is 4.79 Å². The minimum absolute atomic E-state index is 0.0323. The Morgan fingerprint density at radius 2 is 2.18 bits per heavy atom. The number of carbonyl (C=O) groups is 1. The average Bonchev–Trinajstić information content (AvgIpc) is 2.90. The zero-order valence-corrected chi connectivity index (χ0v) is 12.9. The van der Waals surface area contributed by atoms with Crippen molar-refractivity contribution in [3.05, 3.63) is 28.8 Å². The highest BCUT2D eigenvalue weighted by Crippen LogP contribution is 2.56. The number of carbonyl (C=O) groups excluding carboxylic acids is 1. The Morgan fingerprint density at radius 1 is 1.41 bits per heavy atom. The van der Waals surface area contributed by atoms with E-state index >= 15 is 0 Å². The monoisotopic (exact) mass is 303 g/mol. The summed E-state index contributed by atoms with van der Waals surface area (Å²) in [6.45, 7) is -0.119. The van der Waals surface area contributed by atoms with E-state index in [0.29, 0.717) is 24.2 Å². The van der Waals surface area contributed by atoms with Crippen LogP contribution in [0.3, 0.4) is 0 Å². The van der Waals surface area contributed by atoms with Gasteiger partial charge >= 0.3 is 0 Å². The molecule has 5 heteroatoms. The fraction of sp³-hybridized carbons (Fsp3) is 0.588. The number of aliphatic hydroxyl groups excluding tert-OH is 1. The van der Waals surface area contributed by atoms with Gasteiger partial charge in [0.15, 0.2) is 11.9 Å². The Bertz CT molecular complexity index is 656. The molecule has 0 amide bonds. The fourth-order valence-corrected chi connectivity index (χ4v) is 4.59. The largest absolute Gasteiger partial charge is 0.481 e. The summed E-state index contributed by atoms with van der Waals surface area (Å²) in [4.78, 5) is 14.4. The van der Waals surface area contributed by atoms with Crippen LogP contribution in [0.25, 0.3) is 0 Å². The first-order valence-electron chi connectivity index (χ1n) is 7.81. The van der Waals surface area contributed by atoms with E-state index in [4.69, 9.17) is 4.74 Å². The van der Waals surface area contributed by atoms with Crippen LogP contribution in [0.15, 0.2) is 12.1 Å². The molecule has 2 aliphatic carbocycles. The number of rotatable bonds is 2. The van der Waals surface area contributed by atoms with Crippen LogP contribution in [0.4, 0.5) is 0 Å². The lowest BCUT2D eigenvalue weighted by molar-refractivity contribution is -0.145. The summed E-state index contributed by atoms with van der Waals surface area (Å²) in [7, 11) is 3.94. The van der Waals surface area contributed by atoms with Gasteiger partial charge in [0.25, 0.3) is 0 Å². The predicted molar refractivity (Wildman–Crippen MR) is 79.9 cm³/mol. The standard InChI is InChI=1S/C17H21NO4/c1-18(2)12-7-9-3-4-10(8-19)15-13(9)14-16(22-15)11(20)5-6-17(12,14)21/h3-4,12,14,16,19,21H,5-8H2,1-2H3/t12-,14?,16+,17-/m1/s1. The Balaban J connectivity index is 1.95. The van der Waals surface area contributed by atoms with Gasteiger partial charge in [-0.15, -0.1) is 0 Å². The molecule has 0 spiro atoms. The molecule has 0 saturated heterocycles. The molecule has 0 aromatic heterocycles. The lowest BCUT2D eigenvalue weighted by Crippen LogP contribution is -2.62. The average molecular weight is 303 g/mol. The second kappa shape index (κ2) is 4.54. The van der Waals surface area contributed by atoms with Crippen molar-refractivity contribution in [2.45, 2.75) is 49.5 Å². The third kappa shape index (κ3) is 1.62. The maximum absolute atomic E-state index is 12.3. The number of ether oxygens (including phenoxy) is 1. The van der Waals surface area contributed by atoms with Crippen molar-refractivity contribution >= 4 is 5.78 Å². The highest BCUT2D eigenvalue weighted by atomic mass is 16.5. The molecule has 5 nitrogen and oxygen atoms in total. The first kappa shape index (κ1) is 14.2. The second-order valence-electron chi connectivity index (χ2n) is 6.94. The van der Waals surface area contributed by atoms with Crippen molar-refractivity contribution in [2.24, 2.45) is 0 Å². The van der Waals surface area contributed by atoms with Gasteiger partial charge in [0, 0.05) is 23.6 Å². The number of hydrogen-bond donors (Lipinski definition) is 2. The van der Waals surface area contributed by atoms with Gasteiger partial charge in [-0.05, 0) is 32.5 Å². The van der Waals surface area contributed by atoms with Crippen LogP contribution in [0.1, 0.15) is 35.4 Å². The quantitative estimate of drug-likeness (QED) is 0.837. The summed E-state index contributed by atoms with van der Waals surface area (Å²) >= 11 is 0.